The van der Waals surface area contributed by atoms with Crippen molar-refractivity contribution < 1.29 is 18.0 Å². The Labute approximate surface area is 129 Å². The van der Waals surface area contributed by atoms with Gasteiger partial charge >= 0.3 is 6.18 Å². The molecule has 0 bridgehead atoms. The van der Waals surface area contributed by atoms with Crippen molar-refractivity contribution in [2.45, 2.75) is 30.2 Å². The number of hydrogen-bond acceptors (Lipinski definition) is 5. The third-order valence-corrected chi connectivity index (χ3v) is 4.75. The average molecular weight is 332 g/mol. The number of hydrogen-bond donors (Lipinski definition) is 3. The molecule has 1 fully saturated rings. The maximum atomic E-state index is 13.0. The van der Waals surface area contributed by atoms with Crippen LogP contribution in [0.3, 0.4) is 0 Å². The topological polar surface area (TPSA) is 79.5 Å². The summed E-state index contributed by atoms with van der Waals surface area (Å²) in [6.07, 6.45) is 1.03. The predicted molar refractivity (Wildman–Crippen MR) is 77.9 cm³/mol. The van der Waals surface area contributed by atoms with E-state index in [4.69, 9.17) is 5.73 Å². The molecular weight excluding hydrogens is 317 g/mol. The summed E-state index contributed by atoms with van der Waals surface area (Å²) in [5, 5.41) is 3.97. The Balaban J connectivity index is 1.79. The minimum atomic E-state index is -4.43. The van der Waals surface area contributed by atoms with Crippen molar-refractivity contribution in [3.05, 3.63) is 23.1 Å². The minimum absolute atomic E-state index is 0.137. The number of carbonyl (C=O) groups excluding carboxylic acids is 1. The van der Waals surface area contributed by atoms with Crippen LogP contribution in [-0.4, -0.2) is 35.5 Å². The molecule has 0 radical (unpaired) electrons. The Morgan fingerprint density at radius 3 is 2.95 bits per heavy atom. The number of rotatable bonds is 2. The Bertz CT molecular complexity index is 580. The van der Waals surface area contributed by atoms with Gasteiger partial charge in [-0.2, -0.15) is 13.2 Å². The first kappa shape index (κ1) is 15.6. The van der Waals surface area contributed by atoms with Crippen LogP contribution in [0.5, 0.6) is 0 Å². The van der Waals surface area contributed by atoms with E-state index >= 15 is 0 Å². The molecule has 0 aromatic heterocycles. The maximum absolute atomic E-state index is 13.0. The lowest BCUT2D eigenvalue weighted by atomic mass is 9.97. The molecule has 3 unspecified atom stereocenters. The first-order valence-electron chi connectivity index (χ1n) is 6.87. The van der Waals surface area contributed by atoms with Crippen molar-refractivity contribution in [3.63, 3.8) is 0 Å². The normalized spacial score (nSPS) is 34.2. The molecule has 120 valence electrons. The number of alkyl halides is 3. The van der Waals surface area contributed by atoms with Crippen LogP contribution in [0.1, 0.15) is 12.8 Å². The third kappa shape index (κ3) is 2.92. The lowest BCUT2D eigenvalue weighted by Crippen LogP contribution is -2.55. The highest BCUT2D eigenvalue weighted by Gasteiger charge is 2.49. The maximum Gasteiger partial charge on any atom is 0.400 e. The van der Waals surface area contributed by atoms with E-state index in [1.165, 1.54) is 12.2 Å². The van der Waals surface area contributed by atoms with Crippen LogP contribution in [0.4, 0.5) is 13.2 Å². The van der Waals surface area contributed by atoms with Gasteiger partial charge in [-0.05, 0) is 25.5 Å². The quantitative estimate of drug-likeness (QED) is 0.665. The van der Waals surface area contributed by atoms with E-state index in [1.54, 1.807) is 0 Å². The molecule has 5 nitrogen and oxygen atoms in total. The van der Waals surface area contributed by atoms with Gasteiger partial charge in [0.2, 0.25) is 11.0 Å². The van der Waals surface area contributed by atoms with Gasteiger partial charge in [-0.25, -0.2) is 4.99 Å². The monoisotopic (exact) mass is 332 g/mol. The van der Waals surface area contributed by atoms with E-state index in [9.17, 15) is 18.0 Å². The van der Waals surface area contributed by atoms with E-state index < -0.39 is 17.2 Å². The molecule has 4 N–H and O–H groups in total. The molecule has 3 aliphatic rings. The molecule has 0 aromatic rings. The highest BCUT2D eigenvalue weighted by molar-refractivity contribution is 8.05. The Kier molecular flexibility index (Phi) is 3.82. The molecule has 1 aliphatic carbocycles. The number of halogens is 3. The number of fused-ring (bicyclic) bond motifs is 1. The number of thioether (sulfide) groups is 1. The number of amides is 1. The van der Waals surface area contributed by atoms with Gasteiger partial charge in [0.1, 0.15) is 5.92 Å². The summed E-state index contributed by atoms with van der Waals surface area (Å²) in [6.45, 7) is 0.739. The van der Waals surface area contributed by atoms with Gasteiger partial charge in [0.25, 0.3) is 0 Å². The second-order valence-corrected chi connectivity index (χ2v) is 6.64. The molecule has 0 spiro atoms. The van der Waals surface area contributed by atoms with Crippen LogP contribution in [-0.2, 0) is 4.79 Å². The molecule has 9 heteroatoms. The summed E-state index contributed by atoms with van der Waals surface area (Å²) in [6, 6.07) is -0.366. The van der Waals surface area contributed by atoms with E-state index in [-0.39, 0.29) is 17.7 Å². The van der Waals surface area contributed by atoms with Crippen molar-refractivity contribution in [3.8, 4) is 0 Å². The number of nitrogens with one attached hydrogen (secondary N) is 2. The summed E-state index contributed by atoms with van der Waals surface area (Å²) in [4.78, 5) is 16.4. The van der Waals surface area contributed by atoms with Crippen molar-refractivity contribution in [2.24, 2.45) is 16.6 Å². The summed E-state index contributed by atoms with van der Waals surface area (Å²) in [5.41, 5.74) is 5.84. The van der Waals surface area contributed by atoms with Crippen LogP contribution in [0.25, 0.3) is 0 Å². The molecule has 0 aromatic carbocycles. The zero-order valence-corrected chi connectivity index (χ0v) is 12.3. The van der Waals surface area contributed by atoms with Gasteiger partial charge in [0.05, 0.1) is 11.8 Å². The fourth-order valence-corrected chi connectivity index (χ4v) is 3.71. The number of carbonyl (C=O) groups is 1. The summed E-state index contributed by atoms with van der Waals surface area (Å²) in [7, 11) is 0. The zero-order valence-electron chi connectivity index (χ0n) is 11.5. The summed E-state index contributed by atoms with van der Waals surface area (Å²) < 4.78 is 39.1. The zero-order chi connectivity index (χ0) is 16.0. The molecule has 1 saturated heterocycles. The highest BCUT2D eigenvalue weighted by atomic mass is 32.2. The van der Waals surface area contributed by atoms with Crippen LogP contribution < -0.4 is 16.4 Å². The summed E-state index contributed by atoms with van der Waals surface area (Å²) in [5.74, 6) is -2.13. The van der Waals surface area contributed by atoms with Gasteiger partial charge in [-0.1, -0.05) is 23.9 Å². The smallest absolute Gasteiger partial charge is 0.309 e. The van der Waals surface area contributed by atoms with Crippen LogP contribution in [0.15, 0.2) is 28.1 Å². The molecule has 22 heavy (non-hydrogen) atoms. The lowest BCUT2D eigenvalue weighted by molar-refractivity contribution is -0.143. The van der Waals surface area contributed by atoms with Crippen LogP contribution in [0.2, 0.25) is 0 Å². The lowest BCUT2D eigenvalue weighted by Gasteiger charge is -2.23. The van der Waals surface area contributed by atoms with Gasteiger partial charge in [-0.15, -0.1) is 0 Å². The minimum Gasteiger partial charge on any atom is -0.309 e. The Hall–Kier alpha value is -1.32. The van der Waals surface area contributed by atoms with Crippen LogP contribution >= 0.6 is 11.8 Å². The molecule has 2 aliphatic heterocycles. The van der Waals surface area contributed by atoms with Crippen LogP contribution in [0, 0.1) is 5.92 Å². The van der Waals surface area contributed by atoms with Gasteiger partial charge < -0.3 is 10.6 Å². The number of nitrogens with two attached hydrogens (primary N) is 1. The largest absolute Gasteiger partial charge is 0.400 e. The molecular formula is C13H15F3N4OS. The van der Waals surface area contributed by atoms with E-state index in [1.807, 2.05) is 0 Å². The molecule has 0 saturated carbocycles. The second-order valence-electron chi connectivity index (χ2n) is 5.37. The van der Waals surface area contributed by atoms with E-state index in [2.05, 4.69) is 15.6 Å². The molecule has 3 atom stereocenters. The first-order chi connectivity index (χ1) is 10.3. The van der Waals surface area contributed by atoms with Crippen molar-refractivity contribution in [1.29, 1.82) is 0 Å². The molecule has 1 amide bonds. The van der Waals surface area contributed by atoms with Crippen molar-refractivity contribution in [1.82, 2.24) is 10.6 Å². The predicted octanol–water partition coefficient (Wildman–Crippen LogP) is 1.24. The highest BCUT2D eigenvalue weighted by Crippen LogP contribution is 2.44. The number of aliphatic imine (C=N–C) groups is 1. The SMILES string of the molecule is NC1(NC(=O)C2CCCN2)N=C2C(=CC=CC2C(F)(F)F)S1. The first-order valence-corrected chi connectivity index (χ1v) is 7.69. The average Bonchev–Trinajstić information content (AvgIpc) is 3.02. The standard InChI is InChI=1S/C13H15F3N4OS/c14-12(15,16)7-3-1-5-9-10(7)19-13(17,22-9)20-11(21)8-4-2-6-18-8/h1,3,5,7-8,18H,2,4,6,17H2,(H,20,21). The second kappa shape index (κ2) is 5.39. The third-order valence-electron chi connectivity index (χ3n) is 3.68. The van der Waals surface area contributed by atoms with Crippen molar-refractivity contribution >= 4 is 23.4 Å². The van der Waals surface area contributed by atoms with E-state index in [0.29, 0.717) is 11.3 Å². The Morgan fingerprint density at radius 1 is 1.55 bits per heavy atom. The number of allylic oxidation sites excluding steroid dienone is 4. The van der Waals surface area contributed by atoms with Gasteiger partial charge in [0, 0.05) is 4.91 Å². The fourth-order valence-electron chi connectivity index (χ4n) is 2.65. The van der Waals surface area contributed by atoms with E-state index in [0.717, 1.165) is 30.8 Å². The van der Waals surface area contributed by atoms with Gasteiger partial charge in [0.15, 0.2) is 0 Å². The van der Waals surface area contributed by atoms with Gasteiger partial charge in [-0.3, -0.25) is 10.5 Å². The molecule has 3 rings (SSSR count). The molecule has 2 heterocycles. The summed E-state index contributed by atoms with van der Waals surface area (Å²) >= 11 is 0.928. The fraction of sp³-hybridized carbons (Fsp3) is 0.538. The van der Waals surface area contributed by atoms with Crippen molar-refractivity contribution in [2.75, 3.05) is 6.54 Å². The Morgan fingerprint density at radius 2 is 2.32 bits per heavy atom. The number of nitrogens with zero attached hydrogens (tertiary/aromatic N) is 1.